The largest absolute Gasteiger partial charge is 0.481 e. The highest BCUT2D eigenvalue weighted by molar-refractivity contribution is 5.32. The van der Waals surface area contributed by atoms with Gasteiger partial charge in [0, 0.05) is 25.4 Å². The third kappa shape index (κ3) is 3.08. The number of ether oxygens (including phenoxy) is 1. The number of rotatable bonds is 3. The van der Waals surface area contributed by atoms with Gasteiger partial charge in [0.1, 0.15) is 0 Å². The van der Waals surface area contributed by atoms with Gasteiger partial charge in [0.25, 0.3) is 0 Å². The molecule has 1 aromatic rings. The van der Waals surface area contributed by atoms with Crippen LogP contribution in [0.4, 0.5) is 5.95 Å². The van der Waals surface area contributed by atoms with E-state index in [9.17, 15) is 0 Å². The molecule has 4 nitrogen and oxygen atoms in total. The lowest BCUT2D eigenvalue weighted by Crippen LogP contribution is -2.32. The van der Waals surface area contributed by atoms with Crippen molar-refractivity contribution in [3.05, 3.63) is 12.3 Å². The normalized spacial score (nSPS) is 17.5. The van der Waals surface area contributed by atoms with Crippen molar-refractivity contribution in [2.45, 2.75) is 44.6 Å². The first-order chi connectivity index (χ1) is 8.31. The molecule has 2 rings (SSSR count). The van der Waals surface area contributed by atoms with Crippen molar-refractivity contribution in [1.82, 2.24) is 9.97 Å². The molecule has 0 saturated heterocycles. The maximum Gasteiger partial charge on any atom is 0.228 e. The zero-order valence-electron chi connectivity index (χ0n) is 10.7. The summed E-state index contributed by atoms with van der Waals surface area (Å²) in [6.45, 7) is 0. The summed E-state index contributed by atoms with van der Waals surface area (Å²) in [6, 6.07) is 2.36. The Hall–Kier alpha value is -1.32. The minimum atomic E-state index is 0.574. The summed E-state index contributed by atoms with van der Waals surface area (Å²) in [4.78, 5) is 10.9. The molecular weight excluding hydrogens is 214 g/mol. The molecule has 94 valence electrons. The summed E-state index contributed by atoms with van der Waals surface area (Å²) in [7, 11) is 3.72. The molecule has 0 N–H and O–H groups in total. The second-order valence-corrected chi connectivity index (χ2v) is 4.66. The van der Waals surface area contributed by atoms with Crippen molar-refractivity contribution in [2.75, 3.05) is 19.1 Å². The Balaban J connectivity index is 2.08. The van der Waals surface area contributed by atoms with Gasteiger partial charge in [0.2, 0.25) is 11.8 Å². The fourth-order valence-electron chi connectivity index (χ4n) is 2.42. The Morgan fingerprint density at radius 1 is 1.24 bits per heavy atom. The van der Waals surface area contributed by atoms with E-state index < -0.39 is 0 Å². The molecule has 4 heteroatoms. The van der Waals surface area contributed by atoms with Crippen LogP contribution >= 0.6 is 0 Å². The van der Waals surface area contributed by atoms with Crippen molar-refractivity contribution in [3.8, 4) is 5.88 Å². The van der Waals surface area contributed by atoms with E-state index in [4.69, 9.17) is 4.74 Å². The van der Waals surface area contributed by atoms with Gasteiger partial charge < -0.3 is 9.64 Å². The molecule has 1 aliphatic carbocycles. The smallest absolute Gasteiger partial charge is 0.228 e. The van der Waals surface area contributed by atoms with Gasteiger partial charge in [0.15, 0.2) is 0 Å². The number of aromatic nitrogens is 2. The molecular formula is C13H21N3O. The lowest BCUT2D eigenvalue weighted by atomic mass is 10.1. The molecule has 0 aromatic carbocycles. The fraction of sp³-hybridized carbons (Fsp3) is 0.692. The van der Waals surface area contributed by atoms with Gasteiger partial charge >= 0.3 is 0 Å². The van der Waals surface area contributed by atoms with E-state index in [1.807, 2.05) is 0 Å². The van der Waals surface area contributed by atoms with Crippen LogP contribution in [0.2, 0.25) is 0 Å². The van der Waals surface area contributed by atoms with Crippen molar-refractivity contribution in [1.29, 1.82) is 0 Å². The standard InChI is InChI=1S/C13H21N3O/c1-16(11-7-5-3-4-6-8-11)13-14-10-9-12(15-13)17-2/h9-11H,3-8H2,1-2H3. The molecule has 1 heterocycles. The van der Waals surface area contributed by atoms with Gasteiger partial charge in [-0.3, -0.25) is 0 Å². The first-order valence-electron chi connectivity index (χ1n) is 6.41. The SMILES string of the molecule is COc1ccnc(N(C)C2CCCCCC2)n1. The average molecular weight is 235 g/mol. The van der Waals surface area contributed by atoms with Gasteiger partial charge in [0.05, 0.1) is 7.11 Å². The summed E-state index contributed by atoms with van der Waals surface area (Å²) in [5.41, 5.74) is 0. The highest BCUT2D eigenvalue weighted by Crippen LogP contribution is 2.24. The molecule has 1 aliphatic rings. The van der Waals surface area contributed by atoms with Crippen molar-refractivity contribution >= 4 is 5.95 Å². The topological polar surface area (TPSA) is 38.2 Å². The molecule has 0 bridgehead atoms. The first-order valence-corrected chi connectivity index (χ1v) is 6.41. The van der Waals surface area contributed by atoms with Crippen LogP contribution in [-0.4, -0.2) is 30.2 Å². The highest BCUT2D eigenvalue weighted by atomic mass is 16.5. The zero-order valence-corrected chi connectivity index (χ0v) is 10.7. The molecule has 0 unspecified atom stereocenters. The number of hydrogen-bond acceptors (Lipinski definition) is 4. The molecule has 0 radical (unpaired) electrons. The average Bonchev–Trinajstić information content (AvgIpc) is 2.67. The van der Waals surface area contributed by atoms with Crippen LogP contribution in [0.15, 0.2) is 12.3 Å². The van der Waals surface area contributed by atoms with E-state index in [0.717, 1.165) is 5.95 Å². The molecule has 17 heavy (non-hydrogen) atoms. The van der Waals surface area contributed by atoms with Crippen LogP contribution < -0.4 is 9.64 Å². The van der Waals surface area contributed by atoms with E-state index in [0.29, 0.717) is 11.9 Å². The minimum Gasteiger partial charge on any atom is -0.481 e. The second kappa shape index (κ2) is 5.84. The Morgan fingerprint density at radius 3 is 2.59 bits per heavy atom. The summed E-state index contributed by atoms with van der Waals surface area (Å²) >= 11 is 0. The van der Waals surface area contributed by atoms with Crippen molar-refractivity contribution in [2.24, 2.45) is 0 Å². The van der Waals surface area contributed by atoms with Gasteiger partial charge in [-0.25, -0.2) is 4.98 Å². The van der Waals surface area contributed by atoms with Crippen LogP contribution in [0, 0.1) is 0 Å². The summed E-state index contributed by atoms with van der Waals surface area (Å²) in [5, 5.41) is 0. The Kier molecular flexibility index (Phi) is 4.18. The predicted molar refractivity (Wildman–Crippen MR) is 68.5 cm³/mol. The number of nitrogens with zero attached hydrogens (tertiary/aromatic N) is 3. The lowest BCUT2D eigenvalue weighted by Gasteiger charge is -2.27. The Labute approximate surface area is 103 Å². The van der Waals surface area contributed by atoms with Gasteiger partial charge in [-0.05, 0) is 12.8 Å². The number of hydrogen-bond donors (Lipinski definition) is 0. The molecule has 0 aliphatic heterocycles. The minimum absolute atomic E-state index is 0.574. The zero-order chi connectivity index (χ0) is 12.1. The molecule has 0 amide bonds. The van der Waals surface area contributed by atoms with Crippen LogP contribution in [-0.2, 0) is 0 Å². The van der Waals surface area contributed by atoms with Crippen LogP contribution in [0.1, 0.15) is 38.5 Å². The maximum absolute atomic E-state index is 5.14. The third-order valence-electron chi connectivity index (χ3n) is 3.51. The van der Waals surface area contributed by atoms with Crippen LogP contribution in [0.3, 0.4) is 0 Å². The van der Waals surface area contributed by atoms with E-state index in [1.54, 1.807) is 19.4 Å². The molecule has 0 atom stereocenters. The third-order valence-corrected chi connectivity index (χ3v) is 3.51. The van der Waals surface area contributed by atoms with E-state index in [-0.39, 0.29) is 0 Å². The summed E-state index contributed by atoms with van der Waals surface area (Å²) in [5.74, 6) is 1.41. The monoisotopic (exact) mass is 235 g/mol. The highest BCUT2D eigenvalue weighted by Gasteiger charge is 2.19. The quantitative estimate of drug-likeness (QED) is 0.755. The Morgan fingerprint density at radius 2 is 1.94 bits per heavy atom. The Bertz CT molecular complexity index is 348. The van der Waals surface area contributed by atoms with Crippen molar-refractivity contribution < 1.29 is 4.74 Å². The van der Waals surface area contributed by atoms with Crippen LogP contribution in [0.25, 0.3) is 0 Å². The number of anilines is 1. The number of methoxy groups -OCH3 is 1. The van der Waals surface area contributed by atoms with Crippen LogP contribution in [0.5, 0.6) is 5.88 Å². The van der Waals surface area contributed by atoms with Gasteiger partial charge in [-0.2, -0.15) is 4.98 Å². The van der Waals surface area contributed by atoms with E-state index >= 15 is 0 Å². The molecule has 0 spiro atoms. The van der Waals surface area contributed by atoms with E-state index in [1.165, 1.54) is 38.5 Å². The maximum atomic E-state index is 5.14. The summed E-state index contributed by atoms with van der Waals surface area (Å²) < 4.78 is 5.14. The predicted octanol–water partition coefficient (Wildman–Crippen LogP) is 2.64. The van der Waals surface area contributed by atoms with Gasteiger partial charge in [-0.1, -0.05) is 25.7 Å². The lowest BCUT2D eigenvalue weighted by molar-refractivity contribution is 0.396. The van der Waals surface area contributed by atoms with Gasteiger partial charge in [-0.15, -0.1) is 0 Å². The van der Waals surface area contributed by atoms with Crippen molar-refractivity contribution in [3.63, 3.8) is 0 Å². The molecule has 1 saturated carbocycles. The summed E-state index contributed by atoms with van der Waals surface area (Å²) in [6.07, 6.45) is 9.62. The fourth-order valence-corrected chi connectivity index (χ4v) is 2.42. The molecule has 1 fully saturated rings. The van der Waals surface area contributed by atoms with E-state index in [2.05, 4.69) is 21.9 Å². The first kappa shape index (κ1) is 12.1. The second-order valence-electron chi connectivity index (χ2n) is 4.66. The molecule has 1 aromatic heterocycles.